The number of aromatic carboxylic acids is 1. The van der Waals surface area contributed by atoms with Crippen LogP contribution in [0.3, 0.4) is 0 Å². The summed E-state index contributed by atoms with van der Waals surface area (Å²) < 4.78 is 26.6. The van der Waals surface area contributed by atoms with E-state index in [0.717, 1.165) is 19.9 Å². The van der Waals surface area contributed by atoms with Gasteiger partial charge in [-0.15, -0.1) is 11.3 Å². The lowest BCUT2D eigenvalue weighted by Crippen LogP contribution is -2.28. The molecule has 2 N–H and O–H groups in total. The topological polar surface area (TPSA) is 103 Å². The van der Waals surface area contributed by atoms with Crippen LogP contribution in [-0.2, 0) is 16.6 Å². The van der Waals surface area contributed by atoms with E-state index >= 15 is 0 Å². The summed E-state index contributed by atoms with van der Waals surface area (Å²) in [5.74, 6) is -1.34. The van der Waals surface area contributed by atoms with Gasteiger partial charge < -0.3 is 5.11 Å². The van der Waals surface area contributed by atoms with Crippen molar-refractivity contribution in [1.29, 1.82) is 0 Å². The number of halogens is 1. The van der Waals surface area contributed by atoms with E-state index in [1.807, 2.05) is 11.4 Å². The largest absolute Gasteiger partial charge is 0.478 e. The zero-order valence-electron chi connectivity index (χ0n) is 10.2. The predicted octanol–water partition coefficient (Wildman–Crippen LogP) is 1.75. The summed E-state index contributed by atoms with van der Waals surface area (Å²) in [5, 5.41) is 16.1. The minimum atomic E-state index is -3.94. The molecule has 0 aliphatic carbocycles. The summed E-state index contributed by atoms with van der Waals surface area (Å²) in [7, 11) is -2.55. The first-order valence-corrected chi connectivity index (χ1v) is 8.39. The molecule has 20 heavy (non-hydrogen) atoms. The van der Waals surface area contributed by atoms with Crippen LogP contribution in [0.2, 0.25) is 0 Å². The number of aromatic amines is 1. The first-order valence-electron chi connectivity index (χ1n) is 5.28. The van der Waals surface area contributed by atoms with E-state index < -0.39 is 21.0 Å². The molecule has 2 rings (SSSR count). The van der Waals surface area contributed by atoms with Gasteiger partial charge in [-0.25, -0.2) is 13.2 Å². The number of rotatable bonds is 5. The second-order valence-corrected chi connectivity index (χ2v) is 8.21. The van der Waals surface area contributed by atoms with E-state index in [9.17, 15) is 13.2 Å². The molecule has 0 aliphatic rings. The second kappa shape index (κ2) is 5.64. The molecule has 0 saturated carbocycles. The van der Waals surface area contributed by atoms with Crippen molar-refractivity contribution in [1.82, 2.24) is 14.5 Å². The quantitative estimate of drug-likeness (QED) is 0.823. The lowest BCUT2D eigenvalue weighted by Gasteiger charge is -2.15. The molecule has 7 nitrogen and oxygen atoms in total. The van der Waals surface area contributed by atoms with Crippen molar-refractivity contribution in [2.24, 2.45) is 0 Å². The maximum atomic E-state index is 12.3. The SMILES string of the molecule is CN(Cc1csc(Br)c1)S(=O)(=O)c1[nH]ncc1C(=O)O. The summed E-state index contributed by atoms with van der Waals surface area (Å²) in [5.41, 5.74) is 0.438. The second-order valence-electron chi connectivity index (χ2n) is 3.94. The van der Waals surface area contributed by atoms with Crippen LogP contribution in [0.5, 0.6) is 0 Å². The average Bonchev–Trinajstić information content (AvgIpc) is 2.98. The number of aromatic nitrogens is 2. The smallest absolute Gasteiger partial charge is 0.340 e. The van der Waals surface area contributed by atoms with Crippen molar-refractivity contribution in [3.63, 3.8) is 0 Å². The molecule has 0 unspecified atom stereocenters. The van der Waals surface area contributed by atoms with E-state index in [1.54, 1.807) is 0 Å². The Balaban J connectivity index is 2.30. The third-order valence-electron chi connectivity index (χ3n) is 2.53. The molecule has 0 spiro atoms. The summed E-state index contributed by atoms with van der Waals surface area (Å²) >= 11 is 4.74. The molecule has 0 aliphatic heterocycles. The third-order valence-corrected chi connectivity index (χ3v) is 5.86. The van der Waals surface area contributed by atoms with Gasteiger partial charge in [0, 0.05) is 13.6 Å². The minimum absolute atomic E-state index is 0.141. The Morgan fingerprint density at radius 2 is 2.30 bits per heavy atom. The van der Waals surface area contributed by atoms with Gasteiger partial charge in [-0.2, -0.15) is 9.40 Å². The standard InChI is InChI=1S/C10H10BrN3O4S2/c1-14(4-6-2-8(11)19-5-6)20(17,18)9-7(10(15)16)3-12-13-9/h2-3,5H,4H2,1H3,(H,12,13)(H,15,16). The molecule has 108 valence electrons. The highest BCUT2D eigenvalue weighted by atomic mass is 79.9. The molecule has 0 atom stereocenters. The molecule has 0 saturated heterocycles. The van der Waals surface area contributed by atoms with Crippen molar-refractivity contribution in [2.45, 2.75) is 11.6 Å². The van der Waals surface area contributed by atoms with Crippen molar-refractivity contribution in [3.8, 4) is 0 Å². The monoisotopic (exact) mass is 379 g/mol. The van der Waals surface area contributed by atoms with Crippen molar-refractivity contribution >= 4 is 43.3 Å². The Labute approximate surface area is 127 Å². The number of carboxylic acid groups (broad SMARTS) is 1. The predicted molar refractivity (Wildman–Crippen MR) is 76.2 cm³/mol. The maximum Gasteiger partial charge on any atom is 0.340 e. The number of thiophene rings is 1. The van der Waals surface area contributed by atoms with Crippen LogP contribution < -0.4 is 0 Å². The van der Waals surface area contributed by atoms with E-state index in [0.29, 0.717) is 0 Å². The van der Waals surface area contributed by atoms with Crippen LogP contribution in [0, 0.1) is 0 Å². The Morgan fingerprint density at radius 3 is 2.85 bits per heavy atom. The summed E-state index contributed by atoms with van der Waals surface area (Å²) in [6, 6.07) is 1.81. The molecule has 0 amide bonds. The number of carboxylic acids is 1. The van der Waals surface area contributed by atoms with Crippen LogP contribution in [0.15, 0.2) is 26.5 Å². The molecule has 0 aromatic carbocycles. The van der Waals surface area contributed by atoms with Gasteiger partial charge in [-0.1, -0.05) is 0 Å². The van der Waals surface area contributed by atoms with Gasteiger partial charge in [0.25, 0.3) is 10.0 Å². The van der Waals surface area contributed by atoms with Crippen molar-refractivity contribution in [2.75, 3.05) is 7.05 Å². The van der Waals surface area contributed by atoms with Gasteiger partial charge in [-0.05, 0) is 32.9 Å². The normalized spacial score (nSPS) is 11.9. The number of hydrogen-bond acceptors (Lipinski definition) is 5. The van der Waals surface area contributed by atoms with Crippen molar-refractivity contribution < 1.29 is 18.3 Å². The fourth-order valence-electron chi connectivity index (χ4n) is 1.55. The number of carbonyl (C=O) groups is 1. The summed E-state index contributed by atoms with van der Waals surface area (Å²) in [6.07, 6.45) is 0.976. The Hall–Kier alpha value is -1.23. The maximum absolute atomic E-state index is 12.3. The number of H-pyrrole nitrogens is 1. The lowest BCUT2D eigenvalue weighted by molar-refractivity contribution is 0.0692. The highest BCUT2D eigenvalue weighted by molar-refractivity contribution is 9.11. The fraction of sp³-hybridized carbons (Fsp3) is 0.200. The molecule has 2 aromatic rings. The van der Waals surface area contributed by atoms with Crippen LogP contribution in [0.1, 0.15) is 15.9 Å². The van der Waals surface area contributed by atoms with Crippen LogP contribution >= 0.6 is 27.3 Å². The summed E-state index contributed by atoms with van der Waals surface area (Å²) in [6.45, 7) is 0.141. The molecule has 2 heterocycles. The van der Waals surface area contributed by atoms with Gasteiger partial charge in [0.2, 0.25) is 0 Å². The Bertz CT molecular complexity index is 737. The molecule has 2 aromatic heterocycles. The number of nitrogens with one attached hydrogen (secondary N) is 1. The van der Waals surface area contributed by atoms with Crippen LogP contribution in [0.4, 0.5) is 0 Å². The number of sulfonamides is 1. The van der Waals surface area contributed by atoms with Gasteiger partial charge in [0.05, 0.1) is 9.98 Å². The van der Waals surface area contributed by atoms with Gasteiger partial charge in [0.15, 0.2) is 5.03 Å². The molecular weight excluding hydrogens is 370 g/mol. The number of hydrogen-bond donors (Lipinski definition) is 2. The van der Waals surface area contributed by atoms with E-state index in [-0.39, 0.29) is 12.1 Å². The highest BCUT2D eigenvalue weighted by Crippen LogP contribution is 2.24. The molecule has 0 bridgehead atoms. The van der Waals surface area contributed by atoms with Gasteiger partial charge in [0.1, 0.15) is 5.56 Å². The van der Waals surface area contributed by atoms with E-state index in [4.69, 9.17) is 5.11 Å². The minimum Gasteiger partial charge on any atom is -0.478 e. The summed E-state index contributed by atoms with van der Waals surface area (Å²) in [4.78, 5) is 11.0. The lowest BCUT2D eigenvalue weighted by atomic mass is 10.3. The molecule has 10 heteroatoms. The number of nitrogens with zero attached hydrogens (tertiary/aromatic N) is 2. The first kappa shape index (κ1) is 15.2. The van der Waals surface area contributed by atoms with Gasteiger partial charge >= 0.3 is 5.97 Å². The highest BCUT2D eigenvalue weighted by Gasteiger charge is 2.28. The van der Waals surface area contributed by atoms with Crippen LogP contribution in [-0.4, -0.2) is 41.0 Å². The van der Waals surface area contributed by atoms with Crippen LogP contribution in [0.25, 0.3) is 0 Å². The Kier molecular flexibility index (Phi) is 4.28. The average molecular weight is 380 g/mol. The Morgan fingerprint density at radius 1 is 1.60 bits per heavy atom. The van der Waals surface area contributed by atoms with E-state index in [2.05, 4.69) is 26.1 Å². The molecule has 0 radical (unpaired) electrons. The molecule has 0 fully saturated rings. The van der Waals surface area contributed by atoms with Gasteiger partial charge in [-0.3, -0.25) is 5.10 Å². The molecular formula is C10H10BrN3O4S2. The third kappa shape index (κ3) is 2.92. The fourth-order valence-corrected chi connectivity index (χ4v) is 3.97. The zero-order valence-corrected chi connectivity index (χ0v) is 13.4. The van der Waals surface area contributed by atoms with E-state index in [1.165, 1.54) is 18.4 Å². The zero-order chi connectivity index (χ0) is 14.9. The first-order chi connectivity index (χ1) is 9.32. The van der Waals surface area contributed by atoms with Crippen molar-refractivity contribution in [3.05, 3.63) is 32.6 Å².